The van der Waals surface area contributed by atoms with Gasteiger partial charge in [0.2, 0.25) is 0 Å². The molecule has 0 fully saturated rings. The van der Waals surface area contributed by atoms with Crippen LogP contribution in [0.5, 0.6) is 17.2 Å². The van der Waals surface area contributed by atoms with Crippen LogP contribution < -0.4 is 19.5 Å². The molecule has 25 heavy (non-hydrogen) atoms. The van der Waals surface area contributed by atoms with E-state index in [1.54, 1.807) is 31.4 Å². The highest BCUT2D eigenvalue weighted by Gasteiger charge is 2.18. The molecule has 5 heteroatoms. The standard InChI is InChI=1S/C20H25NO4/c1-4-18(25-17-12-10-16(23-3)11-13-17)20(22)21-14-15-8-6-7-9-19(15)24-5-2/h6-13,18H,4-5,14H2,1-3H3,(H,21,22)/t18-/m0/s1. The third kappa shape index (κ3) is 5.41. The Kier molecular flexibility index (Phi) is 7.14. The summed E-state index contributed by atoms with van der Waals surface area (Å²) in [5.74, 6) is 2.02. The average molecular weight is 343 g/mol. The molecule has 1 amide bonds. The molecule has 0 aliphatic rings. The number of para-hydroxylation sites is 1. The first-order chi connectivity index (χ1) is 12.2. The number of carbonyl (C=O) groups is 1. The normalized spacial score (nSPS) is 11.5. The number of amides is 1. The Bertz CT molecular complexity index is 670. The van der Waals surface area contributed by atoms with Crippen molar-refractivity contribution in [3.05, 3.63) is 54.1 Å². The topological polar surface area (TPSA) is 56.8 Å². The van der Waals surface area contributed by atoms with E-state index < -0.39 is 6.10 Å². The van der Waals surface area contributed by atoms with E-state index in [0.29, 0.717) is 25.3 Å². The fourth-order valence-corrected chi connectivity index (χ4v) is 2.38. The Hall–Kier alpha value is -2.69. The van der Waals surface area contributed by atoms with E-state index in [9.17, 15) is 4.79 Å². The fourth-order valence-electron chi connectivity index (χ4n) is 2.38. The maximum Gasteiger partial charge on any atom is 0.261 e. The summed E-state index contributed by atoms with van der Waals surface area (Å²) in [5.41, 5.74) is 0.942. The first-order valence-electron chi connectivity index (χ1n) is 8.47. The van der Waals surface area contributed by atoms with Gasteiger partial charge in [0.25, 0.3) is 5.91 Å². The Morgan fingerprint density at radius 1 is 1.04 bits per heavy atom. The second-order valence-corrected chi connectivity index (χ2v) is 5.45. The number of rotatable bonds is 9. The highest BCUT2D eigenvalue weighted by Crippen LogP contribution is 2.20. The molecule has 1 N–H and O–H groups in total. The van der Waals surface area contributed by atoms with Crippen LogP contribution in [-0.4, -0.2) is 25.7 Å². The average Bonchev–Trinajstić information content (AvgIpc) is 2.66. The SMILES string of the molecule is CCOc1ccccc1CNC(=O)[C@H](CC)Oc1ccc(OC)cc1. The minimum atomic E-state index is -0.548. The van der Waals surface area contributed by atoms with Gasteiger partial charge in [-0.05, 0) is 43.7 Å². The second-order valence-electron chi connectivity index (χ2n) is 5.45. The fraction of sp³-hybridized carbons (Fsp3) is 0.350. The van der Waals surface area contributed by atoms with Crippen LogP contribution >= 0.6 is 0 Å². The van der Waals surface area contributed by atoms with Crippen LogP contribution in [0.2, 0.25) is 0 Å². The molecule has 2 rings (SSSR count). The highest BCUT2D eigenvalue weighted by molar-refractivity contribution is 5.81. The number of hydrogen-bond donors (Lipinski definition) is 1. The molecule has 0 aliphatic carbocycles. The highest BCUT2D eigenvalue weighted by atomic mass is 16.5. The molecule has 0 spiro atoms. The van der Waals surface area contributed by atoms with Crippen LogP contribution in [0.15, 0.2) is 48.5 Å². The van der Waals surface area contributed by atoms with Gasteiger partial charge in [0.15, 0.2) is 6.10 Å². The van der Waals surface area contributed by atoms with Crippen LogP contribution in [0.25, 0.3) is 0 Å². The summed E-state index contributed by atoms with van der Waals surface area (Å²) >= 11 is 0. The molecular weight excluding hydrogens is 318 g/mol. The molecule has 0 bridgehead atoms. The molecule has 0 heterocycles. The molecule has 5 nitrogen and oxygen atoms in total. The van der Waals surface area contributed by atoms with E-state index in [0.717, 1.165) is 17.1 Å². The predicted molar refractivity (Wildman–Crippen MR) is 97.2 cm³/mol. The van der Waals surface area contributed by atoms with Crippen molar-refractivity contribution in [2.75, 3.05) is 13.7 Å². The number of hydrogen-bond acceptors (Lipinski definition) is 4. The zero-order valence-electron chi connectivity index (χ0n) is 15.0. The van der Waals surface area contributed by atoms with Crippen LogP contribution in [0, 0.1) is 0 Å². The lowest BCUT2D eigenvalue weighted by Gasteiger charge is -2.18. The molecular formula is C20H25NO4. The predicted octanol–water partition coefficient (Wildman–Crippen LogP) is 3.57. The number of carbonyl (C=O) groups excluding carboxylic acids is 1. The lowest BCUT2D eigenvalue weighted by atomic mass is 10.2. The minimum absolute atomic E-state index is 0.149. The molecule has 0 aromatic heterocycles. The van der Waals surface area contributed by atoms with Crippen LogP contribution in [0.4, 0.5) is 0 Å². The maximum absolute atomic E-state index is 12.4. The summed E-state index contributed by atoms with van der Waals surface area (Å²) in [4.78, 5) is 12.4. The van der Waals surface area contributed by atoms with Crippen LogP contribution in [0.1, 0.15) is 25.8 Å². The quantitative estimate of drug-likeness (QED) is 0.756. The smallest absolute Gasteiger partial charge is 0.261 e. The zero-order valence-corrected chi connectivity index (χ0v) is 15.0. The largest absolute Gasteiger partial charge is 0.497 e. The molecule has 1 atom stereocenters. The van der Waals surface area contributed by atoms with Crippen molar-refractivity contribution in [2.24, 2.45) is 0 Å². The summed E-state index contributed by atoms with van der Waals surface area (Å²) in [6.07, 6.45) is 0.0259. The van der Waals surface area contributed by atoms with E-state index in [2.05, 4.69) is 5.32 Å². The monoisotopic (exact) mass is 343 g/mol. The molecule has 0 radical (unpaired) electrons. The van der Waals surface area contributed by atoms with Crippen molar-refractivity contribution < 1.29 is 19.0 Å². The van der Waals surface area contributed by atoms with Crippen molar-refractivity contribution in [1.82, 2.24) is 5.32 Å². The van der Waals surface area contributed by atoms with Crippen molar-refractivity contribution in [3.63, 3.8) is 0 Å². The van der Waals surface area contributed by atoms with E-state index in [1.165, 1.54) is 0 Å². The van der Waals surface area contributed by atoms with Gasteiger partial charge in [-0.15, -0.1) is 0 Å². The first kappa shape index (κ1) is 18.6. The molecule has 0 saturated heterocycles. The summed E-state index contributed by atoms with van der Waals surface area (Å²) in [6.45, 7) is 4.84. The van der Waals surface area contributed by atoms with Gasteiger partial charge in [0.05, 0.1) is 13.7 Å². The van der Waals surface area contributed by atoms with E-state index in [1.807, 2.05) is 38.1 Å². The molecule has 2 aromatic carbocycles. The van der Waals surface area contributed by atoms with Gasteiger partial charge in [-0.1, -0.05) is 25.1 Å². The number of methoxy groups -OCH3 is 1. The molecule has 134 valence electrons. The third-order valence-electron chi connectivity index (χ3n) is 3.73. The van der Waals surface area contributed by atoms with Crippen molar-refractivity contribution in [2.45, 2.75) is 32.9 Å². The second kappa shape index (κ2) is 9.57. The van der Waals surface area contributed by atoms with Gasteiger partial charge in [-0.3, -0.25) is 4.79 Å². The number of ether oxygens (including phenoxy) is 3. The lowest BCUT2D eigenvalue weighted by molar-refractivity contribution is -0.128. The minimum Gasteiger partial charge on any atom is -0.497 e. The molecule has 0 aliphatic heterocycles. The van der Waals surface area contributed by atoms with Crippen LogP contribution in [-0.2, 0) is 11.3 Å². The maximum atomic E-state index is 12.4. The third-order valence-corrected chi connectivity index (χ3v) is 3.73. The lowest BCUT2D eigenvalue weighted by Crippen LogP contribution is -2.37. The molecule has 0 saturated carbocycles. The Balaban J connectivity index is 1.95. The van der Waals surface area contributed by atoms with E-state index in [-0.39, 0.29) is 5.91 Å². The van der Waals surface area contributed by atoms with Gasteiger partial charge in [-0.2, -0.15) is 0 Å². The Labute approximate surface area is 148 Å². The summed E-state index contributed by atoms with van der Waals surface area (Å²) < 4.78 is 16.5. The van der Waals surface area contributed by atoms with E-state index >= 15 is 0 Å². The van der Waals surface area contributed by atoms with Crippen LogP contribution in [0.3, 0.4) is 0 Å². The van der Waals surface area contributed by atoms with Gasteiger partial charge < -0.3 is 19.5 Å². The summed E-state index contributed by atoms with van der Waals surface area (Å²) in [6, 6.07) is 14.9. The van der Waals surface area contributed by atoms with Gasteiger partial charge in [0, 0.05) is 12.1 Å². The number of benzene rings is 2. The first-order valence-corrected chi connectivity index (χ1v) is 8.47. The van der Waals surface area contributed by atoms with E-state index in [4.69, 9.17) is 14.2 Å². The summed E-state index contributed by atoms with van der Waals surface area (Å²) in [5, 5.41) is 2.92. The van der Waals surface area contributed by atoms with Crippen molar-refractivity contribution >= 4 is 5.91 Å². The molecule has 2 aromatic rings. The molecule has 0 unspecified atom stereocenters. The van der Waals surface area contributed by atoms with Gasteiger partial charge in [0.1, 0.15) is 17.2 Å². The Morgan fingerprint density at radius 3 is 2.36 bits per heavy atom. The zero-order chi connectivity index (χ0) is 18.1. The van der Waals surface area contributed by atoms with Gasteiger partial charge >= 0.3 is 0 Å². The summed E-state index contributed by atoms with van der Waals surface area (Å²) in [7, 11) is 1.61. The van der Waals surface area contributed by atoms with Gasteiger partial charge in [-0.25, -0.2) is 0 Å². The van der Waals surface area contributed by atoms with Crippen molar-refractivity contribution in [1.29, 1.82) is 0 Å². The van der Waals surface area contributed by atoms with Crippen molar-refractivity contribution in [3.8, 4) is 17.2 Å². The Morgan fingerprint density at radius 2 is 1.72 bits per heavy atom. The number of nitrogens with one attached hydrogen (secondary N) is 1.